The smallest absolute Gasteiger partial charge is 0.220 e. The standard InChI is InChI=1S/C14H29NO2/c1-4-5-7-10-14(2,3)12-15-13(17)9-6-8-11-16/h16H,4-12H2,1-3H3,(H,15,17). The zero-order chi connectivity index (χ0) is 13.1. The first-order valence-corrected chi connectivity index (χ1v) is 6.89. The number of carbonyl (C=O) groups is 1. The van der Waals surface area contributed by atoms with Crippen molar-refractivity contribution in [3.05, 3.63) is 0 Å². The predicted molar refractivity (Wildman–Crippen MR) is 71.9 cm³/mol. The van der Waals surface area contributed by atoms with Crippen LogP contribution in [0.15, 0.2) is 0 Å². The van der Waals surface area contributed by atoms with E-state index >= 15 is 0 Å². The summed E-state index contributed by atoms with van der Waals surface area (Å²) in [4.78, 5) is 11.5. The molecule has 0 bridgehead atoms. The quantitative estimate of drug-likeness (QED) is 0.580. The fourth-order valence-electron chi connectivity index (χ4n) is 1.77. The van der Waals surface area contributed by atoms with Gasteiger partial charge in [0.1, 0.15) is 0 Å². The van der Waals surface area contributed by atoms with Gasteiger partial charge in [0.2, 0.25) is 5.91 Å². The minimum atomic E-state index is 0.113. The molecular formula is C14H29NO2. The van der Waals surface area contributed by atoms with Crippen LogP contribution in [-0.4, -0.2) is 24.2 Å². The van der Waals surface area contributed by atoms with Crippen molar-refractivity contribution in [1.82, 2.24) is 5.32 Å². The van der Waals surface area contributed by atoms with E-state index in [1.165, 1.54) is 19.3 Å². The SMILES string of the molecule is CCCCCC(C)(C)CNC(=O)CCCCO. The van der Waals surface area contributed by atoms with Gasteiger partial charge in [-0.15, -0.1) is 0 Å². The second-order valence-corrected chi connectivity index (χ2v) is 5.58. The lowest BCUT2D eigenvalue weighted by molar-refractivity contribution is -0.121. The van der Waals surface area contributed by atoms with Crippen molar-refractivity contribution < 1.29 is 9.90 Å². The first-order chi connectivity index (χ1) is 8.02. The van der Waals surface area contributed by atoms with E-state index in [0.717, 1.165) is 19.4 Å². The molecule has 3 heteroatoms. The van der Waals surface area contributed by atoms with Crippen LogP contribution < -0.4 is 5.32 Å². The van der Waals surface area contributed by atoms with E-state index in [-0.39, 0.29) is 17.9 Å². The van der Waals surface area contributed by atoms with E-state index < -0.39 is 0 Å². The molecule has 2 N–H and O–H groups in total. The summed E-state index contributed by atoms with van der Waals surface area (Å²) in [5, 5.41) is 11.6. The fraction of sp³-hybridized carbons (Fsp3) is 0.929. The molecule has 0 radical (unpaired) electrons. The van der Waals surface area contributed by atoms with Crippen LogP contribution in [0.3, 0.4) is 0 Å². The highest BCUT2D eigenvalue weighted by Crippen LogP contribution is 2.22. The number of nitrogens with one attached hydrogen (secondary N) is 1. The average Bonchev–Trinajstić information content (AvgIpc) is 2.27. The Kier molecular flexibility index (Phi) is 9.14. The molecule has 102 valence electrons. The van der Waals surface area contributed by atoms with Gasteiger partial charge in [-0.05, 0) is 24.7 Å². The number of carbonyl (C=O) groups excluding carboxylic acids is 1. The first-order valence-electron chi connectivity index (χ1n) is 6.89. The monoisotopic (exact) mass is 243 g/mol. The van der Waals surface area contributed by atoms with Crippen LogP contribution in [0.4, 0.5) is 0 Å². The van der Waals surface area contributed by atoms with E-state index in [1.54, 1.807) is 0 Å². The Morgan fingerprint density at radius 3 is 2.47 bits per heavy atom. The largest absolute Gasteiger partial charge is 0.396 e. The predicted octanol–water partition coefficient (Wildman–Crippen LogP) is 2.87. The molecule has 0 atom stereocenters. The number of unbranched alkanes of at least 4 members (excludes halogenated alkanes) is 3. The van der Waals surface area contributed by atoms with Gasteiger partial charge in [-0.3, -0.25) is 4.79 Å². The molecule has 0 aromatic carbocycles. The summed E-state index contributed by atoms with van der Waals surface area (Å²) in [5.74, 6) is 0.113. The lowest BCUT2D eigenvalue weighted by Crippen LogP contribution is -2.33. The molecule has 0 heterocycles. The van der Waals surface area contributed by atoms with Crippen molar-refractivity contribution >= 4 is 5.91 Å². The molecule has 1 amide bonds. The Labute approximate surface area is 106 Å². The summed E-state index contributed by atoms with van der Waals surface area (Å²) in [6.07, 6.45) is 6.94. The summed E-state index contributed by atoms with van der Waals surface area (Å²) >= 11 is 0. The molecular weight excluding hydrogens is 214 g/mol. The second kappa shape index (κ2) is 9.46. The normalized spacial score (nSPS) is 11.5. The van der Waals surface area contributed by atoms with E-state index in [1.807, 2.05) is 0 Å². The zero-order valence-electron chi connectivity index (χ0n) is 11.7. The highest BCUT2D eigenvalue weighted by atomic mass is 16.2. The molecule has 0 saturated carbocycles. The van der Waals surface area contributed by atoms with Gasteiger partial charge < -0.3 is 10.4 Å². The molecule has 0 aromatic heterocycles. The summed E-state index contributed by atoms with van der Waals surface area (Å²) in [7, 11) is 0. The van der Waals surface area contributed by atoms with Crippen molar-refractivity contribution in [1.29, 1.82) is 0 Å². The third kappa shape index (κ3) is 10.3. The van der Waals surface area contributed by atoms with Gasteiger partial charge in [-0.1, -0.05) is 40.0 Å². The van der Waals surface area contributed by atoms with E-state index in [2.05, 4.69) is 26.1 Å². The number of rotatable bonds is 10. The maximum atomic E-state index is 11.5. The fourth-order valence-corrected chi connectivity index (χ4v) is 1.77. The number of amides is 1. The van der Waals surface area contributed by atoms with E-state index in [0.29, 0.717) is 12.8 Å². The van der Waals surface area contributed by atoms with Crippen LogP contribution in [0.25, 0.3) is 0 Å². The highest BCUT2D eigenvalue weighted by molar-refractivity contribution is 5.75. The van der Waals surface area contributed by atoms with Crippen LogP contribution in [-0.2, 0) is 4.79 Å². The lowest BCUT2D eigenvalue weighted by atomic mass is 9.87. The van der Waals surface area contributed by atoms with Gasteiger partial charge in [0.25, 0.3) is 0 Å². The van der Waals surface area contributed by atoms with Crippen molar-refractivity contribution in [3.63, 3.8) is 0 Å². The molecule has 3 nitrogen and oxygen atoms in total. The molecule has 0 rings (SSSR count). The zero-order valence-corrected chi connectivity index (χ0v) is 11.7. The Bertz CT molecular complexity index is 202. The number of aliphatic hydroxyl groups excluding tert-OH is 1. The molecule has 0 fully saturated rings. The first kappa shape index (κ1) is 16.4. The van der Waals surface area contributed by atoms with Crippen LogP contribution >= 0.6 is 0 Å². The van der Waals surface area contributed by atoms with Gasteiger partial charge in [-0.2, -0.15) is 0 Å². The second-order valence-electron chi connectivity index (χ2n) is 5.58. The van der Waals surface area contributed by atoms with Gasteiger partial charge in [0, 0.05) is 19.6 Å². The lowest BCUT2D eigenvalue weighted by Gasteiger charge is -2.25. The Balaban J connectivity index is 3.65. The van der Waals surface area contributed by atoms with Crippen molar-refractivity contribution in [3.8, 4) is 0 Å². The number of aliphatic hydroxyl groups is 1. The van der Waals surface area contributed by atoms with Crippen molar-refractivity contribution in [2.24, 2.45) is 5.41 Å². The third-order valence-electron chi connectivity index (χ3n) is 3.03. The third-order valence-corrected chi connectivity index (χ3v) is 3.03. The minimum Gasteiger partial charge on any atom is -0.396 e. The van der Waals surface area contributed by atoms with Gasteiger partial charge in [0.05, 0.1) is 0 Å². The van der Waals surface area contributed by atoms with Gasteiger partial charge >= 0.3 is 0 Å². The summed E-state index contributed by atoms with van der Waals surface area (Å²) in [5.41, 5.74) is 0.196. The van der Waals surface area contributed by atoms with Gasteiger partial charge in [-0.25, -0.2) is 0 Å². The van der Waals surface area contributed by atoms with Crippen molar-refractivity contribution in [2.45, 2.75) is 65.7 Å². The number of hydrogen-bond donors (Lipinski definition) is 2. The Hall–Kier alpha value is -0.570. The summed E-state index contributed by atoms with van der Waals surface area (Å²) in [6, 6.07) is 0. The average molecular weight is 243 g/mol. The molecule has 0 aliphatic rings. The maximum Gasteiger partial charge on any atom is 0.220 e. The van der Waals surface area contributed by atoms with Crippen LogP contribution in [0.5, 0.6) is 0 Å². The van der Waals surface area contributed by atoms with Crippen LogP contribution in [0.2, 0.25) is 0 Å². The summed E-state index contributed by atoms with van der Waals surface area (Å²) in [6.45, 7) is 7.55. The van der Waals surface area contributed by atoms with Gasteiger partial charge in [0.15, 0.2) is 0 Å². The van der Waals surface area contributed by atoms with E-state index in [4.69, 9.17) is 5.11 Å². The highest BCUT2D eigenvalue weighted by Gasteiger charge is 2.17. The maximum absolute atomic E-state index is 11.5. The molecule has 0 unspecified atom stereocenters. The minimum absolute atomic E-state index is 0.113. The van der Waals surface area contributed by atoms with Crippen LogP contribution in [0, 0.1) is 5.41 Å². The molecule has 0 aliphatic carbocycles. The number of hydrogen-bond acceptors (Lipinski definition) is 2. The summed E-state index contributed by atoms with van der Waals surface area (Å²) < 4.78 is 0. The van der Waals surface area contributed by atoms with Crippen molar-refractivity contribution in [2.75, 3.05) is 13.2 Å². The Morgan fingerprint density at radius 1 is 1.18 bits per heavy atom. The topological polar surface area (TPSA) is 49.3 Å². The van der Waals surface area contributed by atoms with E-state index in [9.17, 15) is 4.79 Å². The Morgan fingerprint density at radius 2 is 1.88 bits per heavy atom. The molecule has 0 spiro atoms. The molecule has 0 aromatic rings. The molecule has 0 saturated heterocycles. The molecule has 0 aliphatic heterocycles. The molecule has 17 heavy (non-hydrogen) atoms. The van der Waals surface area contributed by atoms with Crippen LogP contribution in [0.1, 0.15) is 65.7 Å².